The molecule has 0 amide bonds. The summed E-state index contributed by atoms with van der Waals surface area (Å²) in [6, 6.07) is 1.46. The summed E-state index contributed by atoms with van der Waals surface area (Å²) in [5.41, 5.74) is -0.468. The number of anilines is 1. The van der Waals surface area contributed by atoms with Gasteiger partial charge in [0.1, 0.15) is 16.5 Å². The van der Waals surface area contributed by atoms with E-state index in [1.807, 2.05) is 4.90 Å². The van der Waals surface area contributed by atoms with E-state index >= 15 is 0 Å². The van der Waals surface area contributed by atoms with Gasteiger partial charge in [-0.1, -0.05) is 11.6 Å². The third kappa shape index (κ3) is 3.48. The minimum atomic E-state index is -4.20. The first-order chi connectivity index (χ1) is 12.3. The van der Waals surface area contributed by atoms with Gasteiger partial charge in [0.2, 0.25) is 10.0 Å². The molecule has 11 heteroatoms. The SMILES string of the molecule is O=C(O)c1cc(S(=O)(=O)N2CCN(c3cnccn3)CC2)c(F)cc1Cl. The lowest BCUT2D eigenvalue weighted by Gasteiger charge is -2.34. The summed E-state index contributed by atoms with van der Waals surface area (Å²) in [4.78, 5) is 20.4. The van der Waals surface area contributed by atoms with Gasteiger partial charge < -0.3 is 10.0 Å². The van der Waals surface area contributed by atoms with Crippen molar-refractivity contribution in [3.63, 3.8) is 0 Å². The van der Waals surface area contributed by atoms with Gasteiger partial charge in [0.25, 0.3) is 0 Å². The van der Waals surface area contributed by atoms with E-state index < -0.39 is 32.3 Å². The predicted octanol–water partition coefficient (Wildman–Crippen LogP) is 1.48. The fourth-order valence-corrected chi connectivity index (χ4v) is 4.37. The molecule has 26 heavy (non-hydrogen) atoms. The fourth-order valence-electron chi connectivity index (χ4n) is 2.64. The highest BCUT2D eigenvalue weighted by Crippen LogP contribution is 2.27. The standard InChI is InChI=1S/C15H14ClFN4O4S/c16-11-8-12(17)13(7-10(11)15(22)23)26(24,25)21-5-3-20(4-6-21)14-9-18-1-2-19-14/h1-2,7-9H,3-6H2,(H,22,23). The number of piperazine rings is 1. The number of hydrogen-bond acceptors (Lipinski definition) is 6. The number of carboxylic acid groups (broad SMARTS) is 1. The monoisotopic (exact) mass is 400 g/mol. The molecule has 0 saturated carbocycles. The summed E-state index contributed by atoms with van der Waals surface area (Å²) >= 11 is 5.67. The summed E-state index contributed by atoms with van der Waals surface area (Å²) in [7, 11) is -4.20. The highest BCUT2D eigenvalue weighted by Gasteiger charge is 2.32. The second-order valence-electron chi connectivity index (χ2n) is 5.52. The number of rotatable bonds is 4. The highest BCUT2D eigenvalue weighted by molar-refractivity contribution is 7.89. The van der Waals surface area contributed by atoms with Crippen molar-refractivity contribution >= 4 is 33.4 Å². The zero-order chi connectivity index (χ0) is 18.9. The quantitative estimate of drug-likeness (QED) is 0.828. The minimum Gasteiger partial charge on any atom is -0.478 e. The lowest BCUT2D eigenvalue weighted by Crippen LogP contribution is -2.49. The number of aromatic carboxylic acids is 1. The third-order valence-electron chi connectivity index (χ3n) is 3.98. The second-order valence-corrected chi connectivity index (χ2v) is 7.84. The van der Waals surface area contributed by atoms with E-state index in [1.165, 1.54) is 12.4 Å². The number of hydrogen-bond donors (Lipinski definition) is 1. The van der Waals surface area contributed by atoms with Crippen LogP contribution in [0, 0.1) is 5.82 Å². The molecule has 1 aliphatic rings. The number of carboxylic acids is 1. The highest BCUT2D eigenvalue weighted by atomic mass is 35.5. The Hall–Kier alpha value is -2.30. The number of halogens is 2. The Morgan fingerprint density at radius 2 is 1.88 bits per heavy atom. The molecule has 1 aliphatic heterocycles. The lowest BCUT2D eigenvalue weighted by molar-refractivity contribution is 0.0696. The number of benzene rings is 1. The maximum Gasteiger partial charge on any atom is 0.337 e. The van der Waals surface area contributed by atoms with Gasteiger partial charge in [-0.05, 0) is 12.1 Å². The van der Waals surface area contributed by atoms with Crippen LogP contribution in [0.1, 0.15) is 10.4 Å². The fraction of sp³-hybridized carbons (Fsp3) is 0.267. The molecule has 0 aliphatic carbocycles. The van der Waals surface area contributed by atoms with Crippen molar-refractivity contribution in [1.82, 2.24) is 14.3 Å². The van der Waals surface area contributed by atoms with Crippen molar-refractivity contribution in [3.05, 3.63) is 47.1 Å². The van der Waals surface area contributed by atoms with Crippen molar-refractivity contribution in [1.29, 1.82) is 0 Å². The molecule has 0 spiro atoms. The van der Waals surface area contributed by atoms with Gasteiger partial charge in [0.05, 0.1) is 16.8 Å². The number of nitrogens with zero attached hydrogens (tertiary/aromatic N) is 4. The van der Waals surface area contributed by atoms with E-state index in [-0.39, 0.29) is 18.1 Å². The van der Waals surface area contributed by atoms with Crippen LogP contribution >= 0.6 is 11.6 Å². The van der Waals surface area contributed by atoms with Gasteiger partial charge in [-0.3, -0.25) is 4.98 Å². The molecule has 3 rings (SSSR count). The lowest BCUT2D eigenvalue weighted by atomic mass is 10.2. The van der Waals surface area contributed by atoms with Crippen LogP contribution in [0.4, 0.5) is 10.2 Å². The van der Waals surface area contributed by atoms with E-state index in [2.05, 4.69) is 9.97 Å². The average Bonchev–Trinajstić information content (AvgIpc) is 2.62. The molecule has 1 N–H and O–H groups in total. The molecule has 0 radical (unpaired) electrons. The number of carbonyl (C=O) groups is 1. The predicted molar refractivity (Wildman–Crippen MR) is 91.4 cm³/mol. The number of aromatic nitrogens is 2. The van der Waals surface area contributed by atoms with Crippen molar-refractivity contribution in [2.45, 2.75) is 4.90 Å². The van der Waals surface area contributed by atoms with E-state index in [0.29, 0.717) is 25.0 Å². The summed E-state index contributed by atoms with van der Waals surface area (Å²) in [5.74, 6) is -1.90. The van der Waals surface area contributed by atoms with Crippen LogP contribution in [0.2, 0.25) is 5.02 Å². The van der Waals surface area contributed by atoms with E-state index in [4.69, 9.17) is 16.7 Å². The average molecular weight is 401 g/mol. The molecule has 1 aromatic carbocycles. The Balaban J connectivity index is 1.84. The normalized spacial score (nSPS) is 15.8. The van der Waals surface area contributed by atoms with Crippen molar-refractivity contribution in [2.75, 3.05) is 31.1 Å². The van der Waals surface area contributed by atoms with Crippen LogP contribution in [-0.2, 0) is 10.0 Å². The molecule has 0 unspecified atom stereocenters. The Kier molecular flexibility index (Phi) is 5.08. The van der Waals surface area contributed by atoms with Crippen molar-refractivity contribution in [3.8, 4) is 0 Å². The second kappa shape index (κ2) is 7.14. The first kappa shape index (κ1) is 18.5. The first-order valence-corrected chi connectivity index (χ1v) is 9.36. The topological polar surface area (TPSA) is 104 Å². The van der Waals surface area contributed by atoms with Gasteiger partial charge in [-0.15, -0.1) is 0 Å². The first-order valence-electron chi connectivity index (χ1n) is 7.54. The van der Waals surface area contributed by atoms with E-state index in [9.17, 15) is 17.6 Å². The third-order valence-corrected chi connectivity index (χ3v) is 6.21. The summed E-state index contributed by atoms with van der Waals surface area (Å²) in [5, 5.41) is 8.72. The van der Waals surface area contributed by atoms with Gasteiger partial charge in [0, 0.05) is 38.6 Å². The summed E-state index contributed by atoms with van der Waals surface area (Å²) in [6.45, 7) is 0.893. The van der Waals surface area contributed by atoms with Gasteiger partial charge in [-0.25, -0.2) is 22.6 Å². The molecule has 0 bridgehead atoms. The minimum absolute atomic E-state index is 0.101. The molecular weight excluding hydrogens is 387 g/mol. The van der Waals surface area contributed by atoms with Crippen LogP contribution < -0.4 is 4.90 Å². The Morgan fingerprint density at radius 3 is 2.46 bits per heavy atom. The Bertz CT molecular complexity index is 934. The van der Waals surface area contributed by atoms with Gasteiger partial charge >= 0.3 is 5.97 Å². The molecule has 138 valence electrons. The summed E-state index contributed by atoms with van der Waals surface area (Å²) in [6.07, 6.45) is 4.64. The molecule has 2 aromatic rings. The Labute approximate surface area is 153 Å². The largest absolute Gasteiger partial charge is 0.478 e. The smallest absolute Gasteiger partial charge is 0.337 e. The van der Waals surface area contributed by atoms with E-state index in [1.54, 1.807) is 6.20 Å². The summed E-state index contributed by atoms with van der Waals surface area (Å²) < 4.78 is 40.8. The van der Waals surface area contributed by atoms with E-state index in [0.717, 1.165) is 10.4 Å². The Morgan fingerprint density at radius 1 is 1.19 bits per heavy atom. The molecule has 0 atom stereocenters. The molecule has 1 aromatic heterocycles. The van der Waals surface area contributed by atoms with Crippen LogP contribution in [-0.4, -0.2) is 59.9 Å². The zero-order valence-electron chi connectivity index (χ0n) is 13.3. The van der Waals surface area contributed by atoms with Crippen LogP contribution in [0.3, 0.4) is 0 Å². The zero-order valence-corrected chi connectivity index (χ0v) is 14.9. The number of sulfonamides is 1. The molecule has 1 fully saturated rings. The molecule has 1 saturated heterocycles. The van der Waals surface area contributed by atoms with Crippen molar-refractivity contribution in [2.24, 2.45) is 0 Å². The molecule has 8 nitrogen and oxygen atoms in total. The van der Waals surface area contributed by atoms with Crippen LogP contribution in [0.15, 0.2) is 35.6 Å². The molecule has 2 heterocycles. The van der Waals surface area contributed by atoms with Gasteiger partial charge in [-0.2, -0.15) is 4.31 Å². The van der Waals surface area contributed by atoms with Crippen LogP contribution in [0.5, 0.6) is 0 Å². The van der Waals surface area contributed by atoms with Crippen molar-refractivity contribution < 1.29 is 22.7 Å². The van der Waals surface area contributed by atoms with Gasteiger partial charge in [0.15, 0.2) is 0 Å². The molecular formula is C15H14ClFN4O4S. The maximum atomic E-state index is 14.2. The van der Waals surface area contributed by atoms with Crippen LogP contribution in [0.25, 0.3) is 0 Å². The maximum absolute atomic E-state index is 14.2.